The van der Waals surface area contributed by atoms with E-state index in [1.165, 1.54) is 30.7 Å². The van der Waals surface area contributed by atoms with Crippen LogP contribution in [0.2, 0.25) is 0 Å². The number of carbonyl (C=O) groups is 3. The molecule has 2 aliphatic heterocycles. The third kappa shape index (κ3) is 7.41. The SMILES string of the molecule is CN=CN=C(CN1C=C(C(=O)O)C(=O)/C(=C/CF)C1=NCN1CC(C(=O)Nc2ccc(OC)cn2)C1)C(C)C. The average molecular weight is 542 g/mol. The Morgan fingerprint density at radius 1 is 1.33 bits per heavy atom. The second-order valence-corrected chi connectivity index (χ2v) is 9.15. The Morgan fingerprint density at radius 2 is 2.08 bits per heavy atom. The zero-order valence-electron chi connectivity index (χ0n) is 22.3. The molecule has 0 unspecified atom stereocenters. The number of Topliss-reactive ketones (excluding diaryl/α,β-unsaturated/α-hetero) is 1. The maximum absolute atomic E-state index is 13.4. The second kappa shape index (κ2) is 13.5. The number of nitrogens with zero attached hydrogens (tertiary/aromatic N) is 6. The number of hydrogen-bond acceptors (Lipinski definition) is 8. The average Bonchev–Trinajstić information content (AvgIpc) is 2.88. The van der Waals surface area contributed by atoms with Gasteiger partial charge >= 0.3 is 5.97 Å². The molecule has 2 N–H and O–H groups in total. The van der Waals surface area contributed by atoms with E-state index < -0.39 is 24.0 Å². The van der Waals surface area contributed by atoms with Gasteiger partial charge < -0.3 is 20.1 Å². The number of nitrogens with one attached hydrogen (secondary N) is 1. The van der Waals surface area contributed by atoms with Gasteiger partial charge in [0.25, 0.3) is 0 Å². The Kier molecular flexibility index (Phi) is 10.1. The third-order valence-electron chi connectivity index (χ3n) is 6.11. The van der Waals surface area contributed by atoms with Crippen LogP contribution in [-0.4, -0.2) is 103 Å². The first-order valence-corrected chi connectivity index (χ1v) is 12.3. The minimum Gasteiger partial charge on any atom is -0.495 e. The van der Waals surface area contributed by atoms with Crippen molar-refractivity contribution in [2.24, 2.45) is 26.8 Å². The van der Waals surface area contributed by atoms with E-state index >= 15 is 0 Å². The van der Waals surface area contributed by atoms with E-state index in [9.17, 15) is 23.9 Å². The third-order valence-corrected chi connectivity index (χ3v) is 6.11. The smallest absolute Gasteiger partial charge is 0.341 e. The first kappa shape index (κ1) is 29.3. The number of amidine groups is 1. The van der Waals surface area contributed by atoms with Crippen LogP contribution in [0.5, 0.6) is 5.75 Å². The van der Waals surface area contributed by atoms with E-state index in [1.54, 1.807) is 19.2 Å². The summed E-state index contributed by atoms with van der Waals surface area (Å²) in [6.07, 6.45) is 5.12. The molecule has 0 radical (unpaired) electrons. The number of rotatable bonds is 11. The largest absolute Gasteiger partial charge is 0.495 e. The number of pyridine rings is 1. The summed E-state index contributed by atoms with van der Waals surface area (Å²) in [4.78, 5) is 57.4. The Balaban J connectivity index is 1.77. The van der Waals surface area contributed by atoms with Gasteiger partial charge in [0.05, 0.1) is 38.0 Å². The highest BCUT2D eigenvalue weighted by atomic mass is 19.1. The summed E-state index contributed by atoms with van der Waals surface area (Å²) < 4.78 is 18.5. The van der Waals surface area contributed by atoms with E-state index in [0.717, 1.165) is 6.08 Å². The lowest BCUT2D eigenvalue weighted by Crippen LogP contribution is -2.52. The fraction of sp³-hybridized carbons (Fsp3) is 0.423. The molecule has 13 heteroatoms. The van der Waals surface area contributed by atoms with Crippen molar-refractivity contribution in [3.63, 3.8) is 0 Å². The Labute approximate surface area is 225 Å². The fourth-order valence-electron chi connectivity index (χ4n) is 3.89. The summed E-state index contributed by atoms with van der Waals surface area (Å²) in [5.74, 6) is -1.61. The number of aliphatic imine (C=N–C) groups is 3. The summed E-state index contributed by atoms with van der Waals surface area (Å²) >= 11 is 0. The van der Waals surface area contributed by atoms with Crippen molar-refractivity contribution in [1.82, 2.24) is 14.8 Å². The Bertz CT molecular complexity index is 1230. The number of alkyl halides is 1. The first-order chi connectivity index (χ1) is 18.7. The van der Waals surface area contributed by atoms with Crippen LogP contribution < -0.4 is 10.1 Å². The number of anilines is 1. The first-order valence-electron chi connectivity index (χ1n) is 12.3. The van der Waals surface area contributed by atoms with Gasteiger partial charge in [-0.3, -0.25) is 24.5 Å². The molecule has 3 rings (SSSR count). The summed E-state index contributed by atoms with van der Waals surface area (Å²) in [6, 6.07) is 3.34. The molecular formula is C26H32FN7O5. The van der Waals surface area contributed by atoms with E-state index in [0.29, 0.717) is 30.4 Å². The number of carbonyl (C=O) groups excluding carboxylic acids is 2. The van der Waals surface area contributed by atoms with Gasteiger partial charge in [-0.2, -0.15) is 0 Å². The number of carboxylic acid groups (broad SMARTS) is 1. The van der Waals surface area contributed by atoms with Crippen LogP contribution in [0.1, 0.15) is 13.8 Å². The van der Waals surface area contributed by atoms with Gasteiger partial charge in [0, 0.05) is 32.0 Å². The molecule has 1 amide bonds. The normalized spacial score (nSPS) is 19.1. The highest BCUT2D eigenvalue weighted by molar-refractivity contribution is 6.36. The molecule has 1 saturated heterocycles. The molecule has 0 bridgehead atoms. The quantitative estimate of drug-likeness (QED) is 0.187. The topological polar surface area (TPSA) is 149 Å². The minimum absolute atomic E-state index is 0.0213. The lowest BCUT2D eigenvalue weighted by atomic mass is 9.97. The monoisotopic (exact) mass is 541 g/mol. The summed E-state index contributed by atoms with van der Waals surface area (Å²) in [5, 5.41) is 12.3. The molecule has 0 aliphatic carbocycles. The number of aromatic nitrogens is 1. The number of hydrogen-bond donors (Lipinski definition) is 2. The van der Waals surface area contributed by atoms with Crippen molar-refractivity contribution in [1.29, 1.82) is 0 Å². The number of amides is 1. The minimum atomic E-state index is -1.42. The van der Waals surface area contributed by atoms with E-state index in [4.69, 9.17) is 4.74 Å². The maximum Gasteiger partial charge on any atom is 0.341 e. The van der Waals surface area contributed by atoms with Crippen LogP contribution in [0.4, 0.5) is 10.2 Å². The lowest BCUT2D eigenvalue weighted by molar-refractivity contribution is -0.134. The number of methoxy groups -OCH3 is 1. The molecule has 2 aliphatic rings. The maximum atomic E-state index is 13.4. The molecule has 1 fully saturated rings. The molecule has 3 heterocycles. The number of likely N-dealkylation sites (tertiary alicyclic amines) is 1. The van der Waals surface area contributed by atoms with Crippen molar-refractivity contribution in [2.45, 2.75) is 13.8 Å². The van der Waals surface area contributed by atoms with Crippen molar-refractivity contribution in [3.05, 3.63) is 41.8 Å². The summed E-state index contributed by atoms with van der Waals surface area (Å²) in [7, 11) is 3.10. The Morgan fingerprint density at radius 3 is 2.64 bits per heavy atom. The lowest BCUT2D eigenvalue weighted by Gasteiger charge is -2.37. The number of halogens is 1. The summed E-state index contributed by atoms with van der Waals surface area (Å²) in [6.45, 7) is 3.93. The van der Waals surface area contributed by atoms with Gasteiger partial charge in [-0.25, -0.2) is 19.2 Å². The number of aliphatic carboxylic acids is 1. The van der Waals surface area contributed by atoms with Gasteiger partial charge in [-0.05, 0) is 24.1 Å². The van der Waals surface area contributed by atoms with Gasteiger partial charge in [0.2, 0.25) is 11.7 Å². The van der Waals surface area contributed by atoms with E-state index in [1.807, 2.05) is 18.7 Å². The van der Waals surface area contributed by atoms with Crippen molar-refractivity contribution in [2.75, 3.05) is 52.5 Å². The van der Waals surface area contributed by atoms with Gasteiger partial charge in [-0.1, -0.05) is 13.8 Å². The van der Waals surface area contributed by atoms with Crippen LogP contribution >= 0.6 is 0 Å². The van der Waals surface area contributed by atoms with Crippen LogP contribution in [0.3, 0.4) is 0 Å². The molecule has 1 aromatic heterocycles. The zero-order valence-corrected chi connectivity index (χ0v) is 22.3. The molecule has 0 atom stereocenters. The van der Waals surface area contributed by atoms with Crippen LogP contribution in [-0.2, 0) is 14.4 Å². The molecule has 1 aromatic rings. The second-order valence-electron chi connectivity index (χ2n) is 9.15. The summed E-state index contributed by atoms with van der Waals surface area (Å²) in [5.41, 5.74) is 0.0369. The molecular weight excluding hydrogens is 509 g/mol. The molecule has 0 spiro atoms. The van der Waals surface area contributed by atoms with Crippen LogP contribution in [0.15, 0.2) is 56.7 Å². The van der Waals surface area contributed by atoms with Crippen molar-refractivity contribution < 1.29 is 28.6 Å². The number of ether oxygens (including phenoxy) is 1. The molecule has 208 valence electrons. The van der Waals surface area contributed by atoms with Crippen molar-refractivity contribution >= 4 is 41.4 Å². The van der Waals surface area contributed by atoms with Gasteiger partial charge in [-0.15, -0.1) is 0 Å². The Hall–Kier alpha value is -4.26. The fourth-order valence-corrected chi connectivity index (χ4v) is 3.89. The number of ketones is 1. The zero-order chi connectivity index (χ0) is 28.5. The van der Waals surface area contributed by atoms with E-state index in [-0.39, 0.29) is 42.4 Å². The van der Waals surface area contributed by atoms with Gasteiger partial charge in [0.15, 0.2) is 0 Å². The molecule has 39 heavy (non-hydrogen) atoms. The van der Waals surface area contributed by atoms with Crippen molar-refractivity contribution in [3.8, 4) is 5.75 Å². The standard InChI is InChI=1S/C26H32FN7O5/c1-16(2)21(30-14-28-3)13-34-12-20(26(37)38)23(35)19(7-8-27)24(34)31-15-33-10-17(11-33)25(36)32-22-6-5-18(39-4)9-29-22/h5-7,9,12,14,16-17H,8,10-11,13,15H2,1-4H3,(H,37,38)(H,29,32,36)/b19-7-,28-14?,30-21?,31-24?. The predicted molar refractivity (Wildman–Crippen MR) is 145 cm³/mol. The van der Waals surface area contributed by atoms with Crippen LogP contribution in [0, 0.1) is 11.8 Å². The van der Waals surface area contributed by atoms with Gasteiger partial charge in [0.1, 0.15) is 36.0 Å². The number of allylic oxidation sites excluding steroid dienone is 1. The molecule has 0 aromatic carbocycles. The predicted octanol–water partition coefficient (Wildman–Crippen LogP) is 1.82. The van der Waals surface area contributed by atoms with E-state index in [2.05, 4.69) is 25.3 Å². The van der Waals surface area contributed by atoms with Crippen LogP contribution in [0.25, 0.3) is 0 Å². The molecule has 12 nitrogen and oxygen atoms in total. The highest BCUT2D eigenvalue weighted by Crippen LogP contribution is 2.23. The number of carboxylic acids is 1. The molecule has 0 saturated carbocycles. The highest BCUT2D eigenvalue weighted by Gasteiger charge is 2.36.